The number of nitrogens with zero attached hydrogens (tertiary/aromatic N) is 3. The van der Waals surface area contributed by atoms with Gasteiger partial charge in [-0.3, -0.25) is 14.1 Å². The Morgan fingerprint density at radius 1 is 0.810 bits per heavy atom. The van der Waals surface area contributed by atoms with Crippen LogP contribution in [0.4, 0.5) is 11.4 Å². The van der Waals surface area contributed by atoms with E-state index < -0.39 is 69.6 Å². The van der Waals surface area contributed by atoms with Crippen molar-refractivity contribution in [3.63, 3.8) is 0 Å². The molecule has 0 aromatic heterocycles. The van der Waals surface area contributed by atoms with Gasteiger partial charge in [0.05, 0.1) is 21.0 Å². The SMILES string of the molecule is COCCC1(C)C(=CC=CC=CC2=[N+](CCCS(=O)(=O)O)c3ccc(S(=O)(=O)[O-])cc3C2(C)CCOC)N(CCCCCC(=O)ON2C(=O)CCC2=O)c2ccc(S(=O)(=O)[O-])cc21. The van der Waals surface area contributed by atoms with E-state index in [9.17, 15) is 53.3 Å². The molecule has 0 saturated carbocycles. The van der Waals surface area contributed by atoms with Crippen LogP contribution in [0.2, 0.25) is 0 Å². The lowest BCUT2D eigenvalue weighted by molar-refractivity contribution is -0.437. The first-order valence-electron chi connectivity index (χ1n) is 20.2. The minimum Gasteiger partial charge on any atom is -0.744 e. The molecule has 1 saturated heterocycles. The summed E-state index contributed by atoms with van der Waals surface area (Å²) < 4.78 is 118. The largest absolute Gasteiger partial charge is 0.744 e. The van der Waals surface area contributed by atoms with E-state index in [1.807, 2.05) is 29.4 Å². The van der Waals surface area contributed by atoms with Crippen molar-refractivity contribution in [2.45, 2.75) is 92.3 Å². The molecule has 0 spiro atoms. The van der Waals surface area contributed by atoms with Gasteiger partial charge in [-0.25, -0.2) is 21.6 Å². The standard InChI is InChI=1S/C42H53N3O15S3/c1-41(21-25-58-3)32-28-30(62(52,53)54)15-17-34(32)43(23-10-6-9-14-40(48)60-45-38(46)19-20-39(45)47)36(41)12-7-5-8-13-37-42(2,22-26-59-4)33-29-31(63(55,56)57)16-18-35(33)44(37)24-11-27-61(49,50)51/h5,7-8,12-13,15-18,28-29H,6,9-11,14,19-27H2,1-4H3,(H2-,49,50,51,52,53,54,55,56,57)/p-1. The summed E-state index contributed by atoms with van der Waals surface area (Å²) in [5.41, 5.74) is 2.01. The summed E-state index contributed by atoms with van der Waals surface area (Å²) in [6, 6.07) is 8.26. The van der Waals surface area contributed by atoms with Gasteiger partial charge in [0.15, 0.2) is 5.71 Å². The summed E-state index contributed by atoms with van der Waals surface area (Å²) in [6.45, 7) is 4.86. The zero-order valence-electron chi connectivity index (χ0n) is 35.5. The summed E-state index contributed by atoms with van der Waals surface area (Å²) in [7, 11) is -10.9. The first kappa shape index (κ1) is 49.4. The molecule has 0 aliphatic carbocycles. The van der Waals surface area contributed by atoms with E-state index in [0.717, 1.165) is 5.70 Å². The molecular formula is C42H52N3O15S3-. The molecule has 1 fully saturated rings. The zero-order valence-corrected chi connectivity index (χ0v) is 37.9. The molecule has 5 rings (SSSR count). The van der Waals surface area contributed by atoms with Gasteiger partial charge in [0.2, 0.25) is 5.69 Å². The molecule has 344 valence electrons. The molecular weight excluding hydrogens is 883 g/mol. The number of hydrogen-bond donors (Lipinski definition) is 1. The maximum Gasteiger partial charge on any atom is 0.333 e. The average molecular weight is 935 g/mol. The number of methoxy groups -OCH3 is 2. The smallest absolute Gasteiger partial charge is 0.333 e. The number of fused-ring (bicyclic) bond motifs is 2. The average Bonchev–Trinajstić information content (AvgIpc) is 3.74. The van der Waals surface area contributed by atoms with Crippen LogP contribution in [0.5, 0.6) is 0 Å². The van der Waals surface area contributed by atoms with Crippen molar-refractivity contribution in [1.82, 2.24) is 5.06 Å². The summed E-state index contributed by atoms with van der Waals surface area (Å²) in [6.07, 6.45) is 11.1. The number of benzene rings is 2. The second-order valence-electron chi connectivity index (χ2n) is 15.9. The van der Waals surface area contributed by atoms with Gasteiger partial charge in [-0.05, 0) is 81.5 Å². The predicted octanol–water partition coefficient (Wildman–Crippen LogP) is 4.14. The Morgan fingerprint density at radius 3 is 2.02 bits per heavy atom. The first-order chi connectivity index (χ1) is 29.5. The third-order valence-electron chi connectivity index (χ3n) is 11.6. The Kier molecular flexibility index (Phi) is 15.7. The fourth-order valence-corrected chi connectivity index (χ4v) is 9.77. The number of allylic oxidation sites excluding steroid dienone is 6. The highest BCUT2D eigenvalue weighted by molar-refractivity contribution is 7.86. The number of amides is 2. The Balaban J connectivity index is 1.48. The van der Waals surface area contributed by atoms with Crippen molar-refractivity contribution < 1.29 is 72.2 Å². The lowest BCUT2D eigenvalue weighted by Crippen LogP contribution is -2.33. The van der Waals surface area contributed by atoms with Gasteiger partial charge in [0.1, 0.15) is 26.8 Å². The predicted molar refractivity (Wildman–Crippen MR) is 227 cm³/mol. The van der Waals surface area contributed by atoms with Gasteiger partial charge in [-0.2, -0.15) is 13.0 Å². The van der Waals surface area contributed by atoms with E-state index >= 15 is 0 Å². The molecule has 2 unspecified atom stereocenters. The molecule has 63 heavy (non-hydrogen) atoms. The maximum absolute atomic E-state index is 12.4. The van der Waals surface area contributed by atoms with E-state index in [-0.39, 0.29) is 50.3 Å². The molecule has 2 aromatic carbocycles. The number of unbranched alkanes of at least 4 members (excludes halogenated alkanes) is 2. The number of rotatable bonds is 22. The first-order valence-corrected chi connectivity index (χ1v) is 24.7. The Bertz CT molecular complexity index is 2550. The summed E-state index contributed by atoms with van der Waals surface area (Å²) in [5.74, 6) is -2.36. The zero-order chi connectivity index (χ0) is 46.4. The highest BCUT2D eigenvalue weighted by atomic mass is 32.2. The quantitative estimate of drug-likeness (QED) is 0.0572. The van der Waals surface area contributed by atoms with Gasteiger partial charge < -0.3 is 28.3 Å². The molecule has 3 aliphatic heterocycles. The second-order valence-corrected chi connectivity index (χ2v) is 20.2. The Labute approximate surface area is 368 Å². The minimum absolute atomic E-state index is 0.0135. The van der Waals surface area contributed by atoms with Gasteiger partial charge in [0, 0.05) is 94.2 Å². The number of imide groups is 1. The number of hydrogen-bond acceptors (Lipinski definition) is 15. The van der Waals surface area contributed by atoms with Crippen LogP contribution in [0.15, 0.2) is 82.3 Å². The molecule has 2 atom stereocenters. The number of carbonyl (C=O) groups excluding carboxylic acids is 3. The number of carbonyl (C=O) groups is 3. The van der Waals surface area contributed by atoms with Crippen molar-refractivity contribution >= 4 is 65.2 Å². The topological polar surface area (TPSA) is 257 Å². The van der Waals surface area contributed by atoms with Crippen LogP contribution in [0.1, 0.15) is 82.8 Å². The highest BCUT2D eigenvalue weighted by Gasteiger charge is 2.48. The van der Waals surface area contributed by atoms with Crippen LogP contribution < -0.4 is 4.90 Å². The minimum atomic E-state index is -4.82. The van der Waals surface area contributed by atoms with Gasteiger partial charge in [-0.15, -0.1) is 5.06 Å². The van der Waals surface area contributed by atoms with Crippen molar-refractivity contribution in [2.24, 2.45) is 0 Å². The van der Waals surface area contributed by atoms with E-state index in [2.05, 4.69) is 0 Å². The Morgan fingerprint density at radius 2 is 1.41 bits per heavy atom. The number of hydroxylamine groups is 2. The lowest BCUT2D eigenvalue weighted by Gasteiger charge is -2.30. The van der Waals surface area contributed by atoms with Crippen molar-refractivity contribution in [1.29, 1.82) is 0 Å². The van der Waals surface area contributed by atoms with Crippen LogP contribution in [-0.2, 0) is 69.9 Å². The lowest BCUT2D eigenvalue weighted by atomic mass is 9.76. The molecule has 0 bridgehead atoms. The van der Waals surface area contributed by atoms with Crippen molar-refractivity contribution in [3.05, 3.63) is 83.6 Å². The van der Waals surface area contributed by atoms with Gasteiger partial charge >= 0.3 is 5.97 Å². The fourth-order valence-electron chi connectivity index (χ4n) is 8.28. The van der Waals surface area contributed by atoms with Crippen LogP contribution in [0.25, 0.3) is 0 Å². The van der Waals surface area contributed by atoms with Crippen LogP contribution in [0.3, 0.4) is 0 Å². The molecule has 3 aliphatic rings. The van der Waals surface area contributed by atoms with Crippen LogP contribution in [0, 0.1) is 0 Å². The molecule has 18 nitrogen and oxygen atoms in total. The van der Waals surface area contributed by atoms with E-state index in [0.29, 0.717) is 71.9 Å². The number of ether oxygens (including phenoxy) is 2. The normalized spacial score (nSPS) is 21.2. The van der Waals surface area contributed by atoms with Crippen LogP contribution >= 0.6 is 0 Å². The van der Waals surface area contributed by atoms with Crippen LogP contribution in [-0.4, -0.2) is 118 Å². The second kappa shape index (κ2) is 20.1. The van der Waals surface area contributed by atoms with Crippen molar-refractivity contribution in [2.75, 3.05) is 51.2 Å². The van der Waals surface area contributed by atoms with E-state index in [1.54, 1.807) is 30.4 Å². The van der Waals surface area contributed by atoms with Gasteiger partial charge in [-0.1, -0.05) is 24.6 Å². The summed E-state index contributed by atoms with van der Waals surface area (Å²) >= 11 is 0. The molecule has 21 heteroatoms. The summed E-state index contributed by atoms with van der Waals surface area (Å²) in [4.78, 5) is 42.3. The molecule has 0 radical (unpaired) electrons. The third kappa shape index (κ3) is 11.6. The highest BCUT2D eigenvalue weighted by Crippen LogP contribution is 2.51. The van der Waals surface area contributed by atoms with E-state index in [4.69, 9.17) is 14.3 Å². The molecule has 2 amide bonds. The molecule has 1 N–H and O–H groups in total. The Hall–Kier alpha value is -4.61. The van der Waals surface area contributed by atoms with Gasteiger partial charge in [0.25, 0.3) is 21.9 Å². The number of anilines is 1. The maximum atomic E-state index is 12.4. The van der Waals surface area contributed by atoms with Crippen molar-refractivity contribution in [3.8, 4) is 0 Å². The van der Waals surface area contributed by atoms with E-state index in [1.165, 1.54) is 44.6 Å². The molecule has 3 heterocycles. The third-order valence-corrected chi connectivity index (χ3v) is 14.1. The monoisotopic (exact) mass is 934 g/mol. The summed E-state index contributed by atoms with van der Waals surface area (Å²) in [5, 5.41) is 0.510. The fraction of sp³-hybridized carbons (Fsp3) is 0.476. The molecule has 2 aromatic rings.